The fourth-order valence-corrected chi connectivity index (χ4v) is 1.27. The second-order valence-corrected chi connectivity index (χ2v) is 3.23. The first-order valence-corrected chi connectivity index (χ1v) is 4.48. The average molecular weight is 167 g/mol. The lowest BCUT2D eigenvalue weighted by Gasteiger charge is -2.09. The fourth-order valence-electron chi connectivity index (χ4n) is 1.27. The van der Waals surface area contributed by atoms with Crippen LogP contribution in [0.2, 0.25) is 0 Å². The maximum absolute atomic E-state index is 5.86. The maximum atomic E-state index is 5.86. The Morgan fingerprint density at radius 3 is 2.92 bits per heavy atom. The zero-order valence-electron chi connectivity index (χ0n) is 7.83. The molecule has 1 aromatic heterocycles. The second kappa shape index (κ2) is 4.26. The van der Waals surface area contributed by atoms with Gasteiger partial charge in [0.1, 0.15) is 0 Å². The van der Waals surface area contributed by atoms with E-state index in [4.69, 9.17) is 5.73 Å². The Hall–Kier alpha value is -0.830. The van der Waals surface area contributed by atoms with Crippen LogP contribution in [-0.4, -0.2) is 15.8 Å². The van der Waals surface area contributed by atoms with Gasteiger partial charge in [0, 0.05) is 12.2 Å². The van der Waals surface area contributed by atoms with Crippen LogP contribution in [-0.2, 0) is 6.54 Å². The Labute approximate surface area is 73.6 Å². The number of nitrogens with zero attached hydrogens (tertiary/aromatic N) is 2. The van der Waals surface area contributed by atoms with E-state index in [-0.39, 0.29) is 6.04 Å². The molecule has 1 aromatic rings. The molecule has 0 spiro atoms. The van der Waals surface area contributed by atoms with Crippen molar-refractivity contribution in [1.29, 1.82) is 0 Å². The van der Waals surface area contributed by atoms with E-state index in [0.29, 0.717) is 0 Å². The van der Waals surface area contributed by atoms with E-state index in [9.17, 15) is 0 Å². The van der Waals surface area contributed by atoms with Crippen molar-refractivity contribution in [1.82, 2.24) is 9.78 Å². The minimum Gasteiger partial charge on any atom is -0.326 e. The van der Waals surface area contributed by atoms with Crippen molar-refractivity contribution in [3.63, 3.8) is 0 Å². The second-order valence-electron chi connectivity index (χ2n) is 3.23. The first kappa shape index (κ1) is 9.26. The highest BCUT2D eigenvalue weighted by atomic mass is 15.3. The Bertz CT molecular complexity index is 229. The van der Waals surface area contributed by atoms with Crippen molar-refractivity contribution in [3.05, 3.63) is 18.0 Å². The van der Waals surface area contributed by atoms with Crippen LogP contribution in [0, 0.1) is 6.92 Å². The van der Waals surface area contributed by atoms with Crippen molar-refractivity contribution in [2.24, 2.45) is 5.73 Å². The summed E-state index contributed by atoms with van der Waals surface area (Å²) >= 11 is 0. The summed E-state index contributed by atoms with van der Waals surface area (Å²) in [6, 6.07) is 2.24. The highest BCUT2D eigenvalue weighted by Gasteiger charge is 2.02. The van der Waals surface area contributed by atoms with Gasteiger partial charge in [-0.1, -0.05) is 13.3 Å². The van der Waals surface area contributed by atoms with E-state index in [1.807, 2.05) is 23.9 Å². The van der Waals surface area contributed by atoms with Crippen LogP contribution >= 0.6 is 0 Å². The summed E-state index contributed by atoms with van der Waals surface area (Å²) in [6.45, 7) is 4.97. The van der Waals surface area contributed by atoms with E-state index >= 15 is 0 Å². The number of aryl methyl sites for hydroxylation is 1. The van der Waals surface area contributed by atoms with Gasteiger partial charge < -0.3 is 5.73 Å². The molecule has 2 N–H and O–H groups in total. The van der Waals surface area contributed by atoms with Gasteiger partial charge in [-0.3, -0.25) is 4.68 Å². The molecule has 0 aliphatic rings. The normalized spacial score (nSPS) is 13.2. The third-order valence-corrected chi connectivity index (χ3v) is 1.86. The molecule has 0 saturated heterocycles. The molecular formula is C9H17N3. The quantitative estimate of drug-likeness (QED) is 0.735. The molecule has 0 aliphatic heterocycles. The molecule has 0 radical (unpaired) electrons. The van der Waals surface area contributed by atoms with Crippen LogP contribution in [0.4, 0.5) is 0 Å². The van der Waals surface area contributed by atoms with Crippen molar-refractivity contribution in [3.8, 4) is 0 Å². The Morgan fingerprint density at radius 2 is 2.42 bits per heavy atom. The van der Waals surface area contributed by atoms with Crippen LogP contribution in [0.15, 0.2) is 12.3 Å². The van der Waals surface area contributed by atoms with Crippen LogP contribution < -0.4 is 5.73 Å². The highest BCUT2D eigenvalue weighted by molar-refractivity contribution is 4.94. The molecule has 0 fully saturated rings. The minimum atomic E-state index is 0.245. The zero-order chi connectivity index (χ0) is 8.97. The molecule has 0 amide bonds. The molecule has 0 bridgehead atoms. The number of aromatic nitrogens is 2. The minimum absolute atomic E-state index is 0.245. The summed E-state index contributed by atoms with van der Waals surface area (Å²) in [6.07, 6.45) is 4.19. The summed E-state index contributed by atoms with van der Waals surface area (Å²) in [5, 5.41) is 4.27. The summed E-state index contributed by atoms with van der Waals surface area (Å²) in [4.78, 5) is 0. The van der Waals surface area contributed by atoms with Gasteiger partial charge in [-0.15, -0.1) is 0 Å². The summed E-state index contributed by atoms with van der Waals surface area (Å²) in [7, 11) is 0. The van der Waals surface area contributed by atoms with Crippen LogP contribution in [0.5, 0.6) is 0 Å². The SMILES string of the molecule is CCCC(N)Cn1ccc(C)n1. The third kappa shape index (κ3) is 2.66. The first-order valence-electron chi connectivity index (χ1n) is 4.48. The maximum Gasteiger partial charge on any atom is 0.0593 e. The molecular weight excluding hydrogens is 150 g/mol. The molecule has 0 aromatic carbocycles. The monoisotopic (exact) mass is 167 g/mol. The van der Waals surface area contributed by atoms with Gasteiger partial charge in [0.25, 0.3) is 0 Å². The predicted molar refractivity (Wildman–Crippen MR) is 49.8 cm³/mol. The molecule has 3 nitrogen and oxygen atoms in total. The lowest BCUT2D eigenvalue weighted by atomic mass is 10.2. The molecule has 0 aliphatic carbocycles. The molecule has 1 atom stereocenters. The highest BCUT2D eigenvalue weighted by Crippen LogP contribution is 1.98. The number of rotatable bonds is 4. The van der Waals surface area contributed by atoms with E-state index in [2.05, 4.69) is 12.0 Å². The molecule has 1 rings (SSSR count). The molecule has 1 unspecified atom stereocenters. The molecule has 0 saturated carbocycles. The zero-order valence-corrected chi connectivity index (χ0v) is 7.83. The topological polar surface area (TPSA) is 43.8 Å². The lowest BCUT2D eigenvalue weighted by molar-refractivity contribution is 0.480. The van der Waals surface area contributed by atoms with E-state index in [1.165, 1.54) is 0 Å². The van der Waals surface area contributed by atoms with Gasteiger partial charge in [-0.25, -0.2) is 0 Å². The summed E-state index contributed by atoms with van der Waals surface area (Å²) < 4.78 is 1.91. The van der Waals surface area contributed by atoms with Crippen molar-refractivity contribution >= 4 is 0 Å². The first-order chi connectivity index (χ1) is 5.72. The Kier molecular flexibility index (Phi) is 3.29. The largest absolute Gasteiger partial charge is 0.326 e. The van der Waals surface area contributed by atoms with Crippen molar-refractivity contribution in [2.75, 3.05) is 0 Å². The van der Waals surface area contributed by atoms with Gasteiger partial charge >= 0.3 is 0 Å². The van der Waals surface area contributed by atoms with Gasteiger partial charge in [-0.05, 0) is 19.4 Å². The van der Waals surface area contributed by atoms with E-state index in [0.717, 1.165) is 25.1 Å². The number of hydrogen-bond donors (Lipinski definition) is 1. The summed E-state index contributed by atoms with van der Waals surface area (Å²) in [5.41, 5.74) is 6.92. The van der Waals surface area contributed by atoms with E-state index in [1.54, 1.807) is 0 Å². The predicted octanol–water partition coefficient (Wildman–Crippen LogP) is 1.32. The number of nitrogens with two attached hydrogens (primary N) is 1. The Balaban J connectivity index is 2.41. The molecule has 12 heavy (non-hydrogen) atoms. The number of hydrogen-bond acceptors (Lipinski definition) is 2. The average Bonchev–Trinajstić information content (AvgIpc) is 2.36. The van der Waals surface area contributed by atoms with Gasteiger partial charge in [0.2, 0.25) is 0 Å². The smallest absolute Gasteiger partial charge is 0.0593 e. The lowest BCUT2D eigenvalue weighted by Crippen LogP contribution is -2.26. The van der Waals surface area contributed by atoms with Gasteiger partial charge in [0.05, 0.1) is 12.2 Å². The fraction of sp³-hybridized carbons (Fsp3) is 0.667. The van der Waals surface area contributed by atoms with Crippen molar-refractivity contribution < 1.29 is 0 Å². The standard InChI is InChI=1S/C9H17N3/c1-3-4-9(10)7-12-6-5-8(2)11-12/h5-6,9H,3-4,7,10H2,1-2H3. The van der Waals surface area contributed by atoms with Gasteiger partial charge in [-0.2, -0.15) is 5.10 Å². The third-order valence-electron chi connectivity index (χ3n) is 1.86. The molecule has 3 heteroatoms. The van der Waals surface area contributed by atoms with Crippen LogP contribution in [0.25, 0.3) is 0 Å². The van der Waals surface area contributed by atoms with Gasteiger partial charge in [0.15, 0.2) is 0 Å². The summed E-state index contributed by atoms with van der Waals surface area (Å²) in [5.74, 6) is 0. The molecule has 1 heterocycles. The van der Waals surface area contributed by atoms with Crippen molar-refractivity contribution in [2.45, 2.75) is 39.3 Å². The Morgan fingerprint density at radius 1 is 1.67 bits per heavy atom. The molecule has 68 valence electrons. The van der Waals surface area contributed by atoms with E-state index < -0.39 is 0 Å². The van der Waals surface area contributed by atoms with Crippen LogP contribution in [0.1, 0.15) is 25.5 Å². The van der Waals surface area contributed by atoms with Crippen LogP contribution in [0.3, 0.4) is 0 Å².